The fourth-order valence-corrected chi connectivity index (χ4v) is 3.23. The Morgan fingerprint density at radius 2 is 1.41 bits per heavy atom. The molecule has 130 valence electrons. The highest BCUT2D eigenvalue weighted by atomic mass is 28.2. The van der Waals surface area contributed by atoms with E-state index in [-0.39, 0.29) is 5.97 Å². The minimum Gasteiger partial charge on any atom is -0.462 e. The first-order valence-corrected chi connectivity index (χ1v) is 10.5. The molecule has 0 N–H and O–H groups in total. The van der Waals surface area contributed by atoms with Crippen LogP contribution in [0.25, 0.3) is 0 Å². The van der Waals surface area contributed by atoms with Crippen LogP contribution < -0.4 is 0 Å². The highest BCUT2D eigenvalue weighted by molar-refractivity contribution is 6.36. The Bertz CT molecular complexity index is 296. The van der Waals surface area contributed by atoms with Crippen LogP contribution in [-0.2, 0) is 9.53 Å². The largest absolute Gasteiger partial charge is 0.462 e. The van der Waals surface area contributed by atoms with Crippen molar-refractivity contribution in [2.75, 3.05) is 6.61 Å². The van der Waals surface area contributed by atoms with Gasteiger partial charge in [-0.05, 0) is 13.3 Å². The zero-order valence-electron chi connectivity index (χ0n) is 14.0. The SMILES string of the molecule is C=C(C)C(=O)OCCCCCCCCCCCC[SiH2]C(F)F. The van der Waals surface area contributed by atoms with Crippen LogP contribution in [0, 0.1) is 0 Å². The summed E-state index contributed by atoms with van der Waals surface area (Å²) in [6.45, 7) is 5.69. The van der Waals surface area contributed by atoms with Gasteiger partial charge in [0.25, 0.3) is 0 Å². The van der Waals surface area contributed by atoms with E-state index in [2.05, 4.69) is 6.58 Å². The number of unbranched alkanes of at least 4 members (excludes halogenated alkanes) is 9. The molecule has 5 heteroatoms. The summed E-state index contributed by atoms with van der Waals surface area (Å²) in [6, 6.07) is -1.20. The van der Waals surface area contributed by atoms with Crippen LogP contribution in [0.4, 0.5) is 8.78 Å². The predicted molar refractivity (Wildman–Crippen MR) is 91.3 cm³/mol. The average Bonchev–Trinajstić information content (AvgIpc) is 2.46. The van der Waals surface area contributed by atoms with E-state index in [4.69, 9.17) is 4.74 Å². The Kier molecular flexibility index (Phi) is 14.7. The van der Waals surface area contributed by atoms with Crippen LogP contribution in [0.5, 0.6) is 0 Å². The molecule has 0 spiro atoms. The molecule has 0 aromatic rings. The summed E-state index contributed by atoms with van der Waals surface area (Å²) in [7, 11) is -1.09. The molecule has 22 heavy (non-hydrogen) atoms. The molecule has 0 aliphatic rings. The smallest absolute Gasteiger partial charge is 0.333 e. The van der Waals surface area contributed by atoms with E-state index in [1.807, 2.05) is 0 Å². The standard InChI is InChI=1S/C17H32F2O2Si/c1-15(2)16(20)21-13-11-9-7-5-3-4-6-8-10-12-14-22-17(18)19/h17H,1,3-14,22H2,2H3. The van der Waals surface area contributed by atoms with Gasteiger partial charge in [0, 0.05) is 5.57 Å². The second-order valence-electron chi connectivity index (χ2n) is 5.99. The van der Waals surface area contributed by atoms with Crippen molar-refractivity contribution in [2.45, 2.75) is 83.2 Å². The topological polar surface area (TPSA) is 26.3 Å². The average molecular weight is 335 g/mol. The lowest BCUT2D eigenvalue weighted by molar-refractivity contribution is -0.139. The van der Waals surface area contributed by atoms with E-state index in [1.54, 1.807) is 6.92 Å². The van der Waals surface area contributed by atoms with Crippen molar-refractivity contribution < 1.29 is 18.3 Å². The summed E-state index contributed by atoms with van der Waals surface area (Å²) in [5.41, 5.74) is 0.455. The number of ether oxygens (including phenoxy) is 1. The third-order valence-corrected chi connectivity index (χ3v) is 4.99. The van der Waals surface area contributed by atoms with Gasteiger partial charge in [-0.2, -0.15) is 0 Å². The highest BCUT2D eigenvalue weighted by Crippen LogP contribution is 2.12. The van der Waals surface area contributed by atoms with Gasteiger partial charge in [0.15, 0.2) is 0 Å². The number of alkyl halides is 2. The van der Waals surface area contributed by atoms with Crippen molar-refractivity contribution in [2.24, 2.45) is 0 Å². The molecule has 0 saturated carbocycles. The number of rotatable bonds is 15. The molecule has 0 aromatic heterocycles. The van der Waals surface area contributed by atoms with Crippen molar-refractivity contribution in [3.8, 4) is 0 Å². The van der Waals surface area contributed by atoms with Crippen LogP contribution >= 0.6 is 0 Å². The Morgan fingerprint density at radius 1 is 0.955 bits per heavy atom. The molecule has 0 fully saturated rings. The first-order chi connectivity index (χ1) is 10.5. The van der Waals surface area contributed by atoms with Crippen molar-refractivity contribution >= 4 is 15.5 Å². The van der Waals surface area contributed by atoms with Gasteiger partial charge in [0.2, 0.25) is 6.05 Å². The molecule has 0 saturated heterocycles. The van der Waals surface area contributed by atoms with E-state index in [1.165, 1.54) is 38.5 Å². The number of carbonyl (C=O) groups excluding carboxylic acids is 1. The minimum absolute atomic E-state index is 0.295. The molecule has 0 aliphatic heterocycles. The maximum Gasteiger partial charge on any atom is 0.333 e. The van der Waals surface area contributed by atoms with Crippen molar-refractivity contribution in [1.82, 2.24) is 0 Å². The maximum atomic E-state index is 12.0. The number of carbonyl (C=O) groups is 1. The van der Waals surface area contributed by atoms with Crippen molar-refractivity contribution in [3.63, 3.8) is 0 Å². The van der Waals surface area contributed by atoms with Crippen LogP contribution in [0.1, 0.15) is 71.1 Å². The third kappa shape index (κ3) is 15.7. The number of esters is 1. The van der Waals surface area contributed by atoms with Crippen molar-refractivity contribution in [3.05, 3.63) is 12.2 Å². The van der Waals surface area contributed by atoms with Gasteiger partial charge in [-0.1, -0.05) is 70.4 Å². The maximum absolute atomic E-state index is 12.0. The van der Waals surface area contributed by atoms with Gasteiger partial charge in [0.1, 0.15) is 9.52 Å². The van der Waals surface area contributed by atoms with Gasteiger partial charge < -0.3 is 4.74 Å². The van der Waals surface area contributed by atoms with E-state index in [0.717, 1.165) is 31.7 Å². The lowest BCUT2D eigenvalue weighted by atomic mass is 10.1. The van der Waals surface area contributed by atoms with Gasteiger partial charge in [0.05, 0.1) is 6.61 Å². The van der Waals surface area contributed by atoms with Crippen molar-refractivity contribution in [1.29, 1.82) is 0 Å². The van der Waals surface area contributed by atoms with Crippen LogP contribution in [0.2, 0.25) is 6.04 Å². The Labute approximate surface area is 136 Å². The van der Waals surface area contributed by atoms with Gasteiger partial charge in [-0.25, -0.2) is 13.6 Å². The van der Waals surface area contributed by atoms with E-state index < -0.39 is 15.6 Å². The lowest BCUT2D eigenvalue weighted by Crippen LogP contribution is -2.05. The minimum atomic E-state index is -2.00. The van der Waals surface area contributed by atoms with Crippen LogP contribution in [-0.4, -0.2) is 28.1 Å². The number of halogens is 2. The highest BCUT2D eigenvalue weighted by Gasteiger charge is 2.02. The van der Waals surface area contributed by atoms with Gasteiger partial charge in [-0.15, -0.1) is 0 Å². The summed E-state index contributed by atoms with van der Waals surface area (Å²) in [5.74, 6) is -0.295. The van der Waals surface area contributed by atoms with Crippen LogP contribution in [0.3, 0.4) is 0 Å². The van der Waals surface area contributed by atoms with Gasteiger partial charge >= 0.3 is 5.97 Å². The molecule has 0 heterocycles. The fourth-order valence-electron chi connectivity index (χ4n) is 2.28. The molecule has 0 radical (unpaired) electrons. The van der Waals surface area contributed by atoms with Crippen LogP contribution in [0.15, 0.2) is 12.2 Å². The monoisotopic (exact) mass is 334 g/mol. The summed E-state index contributed by atoms with van der Waals surface area (Å²) in [6.07, 6.45) is 11.5. The molecule has 0 bridgehead atoms. The fraction of sp³-hybridized carbons (Fsp3) is 0.824. The molecule has 2 nitrogen and oxygen atoms in total. The zero-order valence-corrected chi connectivity index (χ0v) is 15.5. The Hall–Kier alpha value is -0.713. The lowest BCUT2D eigenvalue weighted by Gasteiger charge is -2.04. The second kappa shape index (κ2) is 15.2. The first kappa shape index (κ1) is 21.3. The first-order valence-electron chi connectivity index (χ1n) is 8.65. The molecule has 0 aliphatic carbocycles. The van der Waals surface area contributed by atoms with E-state index in [0.29, 0.717) is 12.2 Å². The molecule has 0 rings (SSSR count). The summed E-state index contributed by atoms with van der Waals surface area (Å²) < 4.78 is 29.0. The summed E-state index contributed by atoms with van der Waals surface area (Å²) in [5, 5.41) is 0. The predicted octanol–water partition coefficient (Wildman–Crippen LogP) is 4.82. The summed E-state index contributed by atoms with van der Waals surface area (Å²) >= 11 is 0. The third-order valence-electron chi connectivity index (χ3n) is 3.65. The quantitative estimate of drug-likeness (QED) is 0.186. The normalized spacial score (nSPS) is 11.5. The molecule has 0 atom stereocenters. The second-order valence-corrected chi connectivity index (χ2v) is 7.89. The molecular formula is C17H32F2O2Si. The summed E-state index contributed by atoms with van der Waals surface area (Å²) in [4.78, 5) is 11.1. The van der Waals surface area contributed by atoms with E-state index in [9.17, 15) is 13.6 Å². The Morgan fingerprint density at radius 3 is 1.86 bits per heavy atom. The number of hydrogen-bond acceptors (Lipinski definition) is 2. The molecule has 0 aromatic carbocycles. The van der Waals surface area contributed by atoms with E-state index >= 15 is 0 Å². The number of hydrogen-bond donors (Lipinski definition) is 0. The zero-order chi connectivity index (χ0) is 16.6. The molecular weight excluding hydrogens is 302 g/mol. The van der Waals surface area contributed by atoms with Gasteiger partial charge in [-0.3, -0.25) is 0 Å². The molecule has 0 amide bonds. The Balaban J connectivity index is 3.08. The molecule has 0 unspecified atom stereocenters.